The van der Waals surface area contributed by atoms with Gasteiger partial charge in [0.2, 0.25) is 0 Å². The first-order chi connectivity index (χ1) is 9.51. The molecule has 2 rings (SSSR count). The standard InChI is InChI=1S/C16H14BrClO2/c1-10-3-4-11(14(18)7-10)8-15(19)13-6-5-12(17)9-16(13)20-2/h3-7,9H,8H2,1-2H3. The molecule has 0 N–H and O–H groups in total. The molecule has 0 aliphatic heterocycles. The highest BCUT2D eigenvalue weighted by atomic mass is 79.9. The molecule has 104 valence electrons. The number of hydrogen-bond donors (Lipinski definition) is 0. The van der Waals surface area contributed by atoms with Crippen LogP contribution in [0.15, 0.2) is 40.9 Å². The predicted octanol–water partition coefficient (Wildman–Crippen LogP) is 4.84. The predicted molar refractivity (Wildman–Crippen MR) is 84.9 cm³/mol. The maximum absolute atomic E-state index is 12.4. The molecule has 0 saturated carbocycles. The van der Waals surface area contributed by atoms with Gasteiger partial charge in [-0.1, -0.05) is 39.7 Å². The van der Waals surface area contributed by atoms with Crippen LogP contribution in [0, 0.1) is 6.92 Å². The smallest absolute Gasteiger partial charge is 0.171 e. The number of Topliss-reactive ketones (excluding diaryl/α,β-unsaturated/α-hetero) is 1. The van der Waals surface area contributed by atoms with Gasteiger partial charge in [-0.25, -0.2) is 0 Å². The van der Waals surface area contributed by atoms with E-state index in [0.29, 0.717) is 16.3 Å². The summed E-state index contributed by atoms with van der Waals surface area (Å²) < 4.78 is 6.12. The number of carbonyl (C=O) groups is 1. The average molecular weight is 354 g/mol. The monoisotopic (exact) mass is 352 g/mol. The Balaban J connectivity index is 2.28. The van der Waals surface area contributed by atoms with E-state index < -0.39 is 0 Å². The molecule has 0 fully saturated rings. The number of rotatable bonds is 4. The van der Waals surface area contributed by atoms with Gasteiger partial charge in [-0.3, -0.25) is 4.79 Å². The molecular formula is C16H14BrClO2. The number of carbonyl (C=O) groups excluding carboxylic acids is 1. The van der Waals surface area contributed by atoms with Crippen LogP contribution in [0.3, 0.4) is 0 Å². The van der Waals surface area contributed by atoms with Crippen molar-refractivity contribution in [2.45, 2.75) is 13.3 Å². The Hall–Kier alpha value is -1.32. The third-order valence-electron chi connectivity index (χ3n) is 3.02. The minimum absolute atomic E-state index is 0.0138. The summed E-state index contributed by atoms with van der Waals surface area (Å²) in [5.74, 6) is 0.549. The second kappa shape index (κ2) is 6.42. The maximum atomic E-state index is 12.4. The topological polar surface area (TPSA) is 26.3 Å². The van der Waals surface area contributed by atoms with Crippen molar-refractivity contribution in [3.05, 3.63) is 62.6 Å². The van der Waals surface area contributed by atoms with Gasteiger partial charge in [0.1, 0.15) is 5.75 Å². The Morgan fingerprint density at radius 2 is 2.00 bits per heavy atom. The van der Waals surface area contributed by atoms with Gasteiger partial charge in [-0.2, -0.15) is 0 Å². The van der Waals surface area contributed by atoms with Crippen LogP contribution >= 0.6 is 27.5 Å². The molecule has 0 aliphatic carbocycles. The van der Waals surface area contributed by atoms with E-state index in [-0.39, 0.29) is 12.2 Å². The highest BCUT2D eigenvalue weighted by Gasteiger charge is 2.14. The number of ether oxygens (including phenoxy) is 1. The first kappa shape index (κ1) is 15.1. The van der Waals surface area contributed by atoms with Crippen molar-refractivity contribution in [2.75, 3.05) is 7.11 Å². The molecule has 0 saturated heterocycles. The molecule has 0 heterocycles. The van der Waals surface area contributed by atoms with Crippen molar-refractivity contribution in [1.29, 1.82) is 0 Å². The highest BCUT2D eigenvalue weighted by Crippen LogP contribution is 2.26. The number of aryl methyl sites for hydroxylation is 1. The quantitative estimate of drug-likeness (QED) is 0.735. The van der Waals surface area contributed by atoms with Crippen LogP contribution in [0.25, 0.3) is 0 Å². The minimum atomic E-state index is -0.0138. The lowest BCUT2D eigenvalue weighted by Crippen LogP contribution is -2.06. The van der Waals surface area contributed by atoms with E-state index >= 15 is 0 Å². The summed E-state index contributed by atoms with van der Waals surface area (Å²) in [6.07, 6.45) is 0.261. The Kier molecular flexibility index (Phi) is 4.84. The first-order valence-electron chi connectivity index (χ1n) is 6.13. The van der Waals surface area contributed by atoms with Gasteiger partial charge in [0.25, 0.3) is 0 Å². The lowest BCUT2D eigenvalue weighted by Gasteiger charge is -2.09. The molecule has 2 aromatic rings. The molecule has 0 radical (unpaired) electrons. The van der Waals surface area contributed by atoms with Crippen LogP contribution in [0.1, 0.15) is 21.5 Å². The van der Waals surface area contributed by atoms with Gasteiger partial charge in [-0.15, -0.1) is 0 Å². The maximum Gasteiger partial charge on any atom is 0.171 e. The van der Waals surface area contributed by atoms with Crippen LogP contribution < -0.4 is 4.74 Å². The molecule has 2 aromatic carbocycles. The highest BCUT2D eigenvalue weighted by molar-refractivity contribution is 9.10. The molecule has 20 heavy (non-hydrogen) atoms. The van der Waals surface area contributed by atoms with Crippen molar-refractivity contribution in [1.82, 2.24) is 0 Å². The van der Waals surface area contributed by atoms with E-state index in [1.807, 2.05) is 31.2 Å². The summed E-state index contributed by atoms with van der Waals surface area (Å²) in [4.78, 5) is 12.4. The number of methoxy groups -OCH3 is 1. The van der Waals surface area contributed by atoms with Crippen LogP contribution in [-0.4, -0.2) is 12.9 Å². The van der Waals surface area contributed by atoms with E-state index in [4.69, 9.17) is 16.3 Å². The molecule has 0 aliphatic rings. The summed E-state index contributed by atoms with van der Waals surface area (Å²) >= 11 is 9.53. The Morgan fingerprint density at radius 3 is 2.65 bits per heavy atom. The van der Waals surface area contributed by atoms with E-state index in [9.17, 15) is 4.79 Å². The zero-order chi connectivity index (χ0) is 14.7. The fourth-order valence-electron chi connectivity index (χ4n) is 1.96. The number of hydrogen-bond acceptors (Lipinski definition) is 2. The molecule has 0 bridgehead atoms. The molecule has 0 unspecified atom stereocenters. The van der Waals surface area contributed by atoms with E-state index in [0.717, 1.165) is 15.6 Å². The molecule has 4 heteroatoms. The molecule has 2 nitrogen and oxygen atoms in total. The molecule has 0 atom stereocenters. The van der Waals surface area contributed by atoms with Crippen LogP contribution in [-0.2, 0) is 6.42 Å². The summed E-state index contributed by atoms with van der Waals surface area (Å²) in [6.45, 7) is 1.97. The Bertz CT molecular complexity index is 653. The van der Waals surface area contributed by atoms with Gasteiger partial charge in [0.15, 0.2) is 5.78 Å². The lowest BCUT2D eigenvalue weighted by atomic mass is 10.0. The molecular weight excluding hydrogens is 340 g/mol. The fourth-order valence-corrected chi connectivity index (χ4v) is 2.60. The number of ketones is 1. The summed E-state index contributed by atoms with van der Waals surface area (Å²) in [7, 11) is 1.55. The zero-order valence-corrected chi connectivity index (χ0v) is 13.6. The minimum Gasteiger partial charge on any atom is -0.496 e. The summed E-state index contributed by atoms with van der Waals surface area (Å²) in [5, 5.41) is 0.620. The van der Waals surface area contributed by atoms with Gasteiger partial charge < -0.3 is 4.74 Å². The Morgan fingerprint density at radius 1 is 1.25 bits per heavy atom. The largest absolute Gasteiger partial charge is 0.496 e. The van der Waals surface area contributed by atoms with E-state index in [1.165, 1.54) is 0 Å². The van der Waals surface area contributed by atoms with Gasteiger partial charge >= 0.3 is 0 Å². The van der Waals surface area contributed by atoms with Gasteiger partial charge in [0.05, 0.1) is 12.7 Å². The molecule has 0 amide bonds. The normalized spacial score (nSPS) is 10.4. The van der Waals surface area contributed by atoms with E-state index in [2.05, 4.69) is 15.9 Å². The van der Waals surface area contributed by atoms with Crippen LogP contribution in [0.4, 0.5) is 0 Å². The average Bonchev–Trinajstić information content (AvgIpc) is 2.41. The summed E-state index contributed by atoms with van der Waals surface area (Å²) in [6, 6.07) is 11.1. The van der Waals surface area contributed by atoms with Crippen molar-refractivity contribution >= 4 is 33.3 Å². The van der Waals surface area contributed by atoms with Gasteiger partial charge in [-0.05, 0) is 42.3 Å². The number of halogens is 2. The Labute approximate surface area is 131 Å². The molecule has 0 spiro atoms. The van der Waals surface area contributed by atoms with Crippen LogP contribution in [0.2, 0.25) is 5.02 Å². The lowest BCUT2D eigenvalue weighted by molar-refractivity contribution is 0.0990. The van der Waals surface area contributed by atoms with Crippen molar-refractivity contribution < 1.29 is 9.53 Å². The second-order valence-corrected chi connectivity index (χ2v) is 5.86. The summed E-state index contributed by atoms with van der Waals surface area (Å²) in [5.41, 5.74) is 2.46. The van der Waals surface area contributed by atoms with E-state index in [1.54, 1.807) is 19.2 Å². The number of benzene rings is 2. The van der Waals surface area contributed by atoms with Crippen molar-refractivity contribution in [3.8, 4) is 5.75 Å². The second-order valence-electron chi connectivity index (χ2n) is 4.54. The van der Waals surface area contributed by atoms with Crippen molar-refractivity contribution in [2.24, 2.45) is 0 Å². The van der Waals surface area contributed by atoms with Crippen LogP contribution in [0.5, 0.6) is 5.75 Å². The third kappa shape index (κ3) is 3.41. The SMILES string of the molecule is COc1cc(Br)ccc1C(=O)Cc1ccc(C)cc1Cl. The first-order valence-corrected chi connectivity index (χ1v) is 7.30. The molecule has 0 aromatic heterocycles. The van der Waals surface area contributed by atoms with Gasteiger partial charge in [0, 0.05) is 15.9 Å². The third-order valence-corrected chi connectivity index (χ3v) is 3.87. The zero-order valence-electron chi connectivity index (χ0n) is 11.2. The van der Waals surface area contributed by atoms with Crippen molar-refractivity contribution in [3.63, 3.8) is 0 Å². The fraction of sp³-hybridized carbons (Fsp3) is 0.188.